The van der Waals surface area contributed by atoms with Gasteiger partial charge in [0.05, 0.1) is 17.1 Å². The van der Waals surface area contributed by atoms with Crippen LogP contribution in [0.2, 0.25) is 5.02 Å². The summed E-state index contributed by atoms with van der Waals surface area (Å²) >= 11 is 6.23. The fourth-order valence-corrected chi connectivity index (χ4v) is 4.01. The second kappa shape index (κ2) is 9.58. The van der Waals surface area contributed by atoms with E-state index in [2.05, 4.69) is 15.2 Å². The zero-order chi connectivity index (χ0) is 20.1. The van der Waals surface area contributed by atoms with E-state index in [1.807, 2.05) is 13.1 Å². The Morgan fingerprint density at radius 1 is 1.43 bits per heavy atom. The van der Waals surface area contributed by atoms with E-state index in [4.69, 9.17) is 22.1 Å². The number of carbonyl (C=O) groups is 1. The van der Waals surface area contributed by atoms with Crippen LogP contribution in [0.15, 0.2) is 12.3 Å². The summed E-state index contributed by atoms with van der Waals surface area (Å²) in [6, 6.07) is 1.75. The van der Waals surface area contributed by atoms with Crippen LogP contribution in [0.5, 0.6) is 0 Å². The van der Waals surface area contributed by atoms with Gasteiger partial charge in [-0.25, -0.2) is 4.98 Å². The summed E-state index contributed by atoms with van der Waals surface area (Å²) in [4.78, 5) is 19.5. The van der Waals surface area contributed by atoms with E-state index in [9.17, 15) is 4.79 Å². The Balaban J connectivity index is 1.49. The molecule has 0 bridgehead atoms. The molecule has 0 unspecified atom stereocenters. The Morgan fingerprint density at radius 3 is 2.89 bits per heavy atom. The molecule has 3 heterocycles. The molecule has 0 radical (unpaired) electrons. The van der Waals surface area contributed by atoms with Crippen molar-refractivity contribution >= 4 is 29.0 Å². The average molecular weight is 408 g/mol. The van der Waals surface area contributed by atoms with E-state index in [1.165, 1.54) is 0 Å². The summed E-state index contributed by atoms with van der Waals surface area (Å²) in [5.74, 6) is 0.968. The number of nitrogens with two attached hydrogens (primary N) is 1. The van der Waals surface area contributed by atoms with Gasteiger partial charge in [0.25, 0.3) is 0 Å². The van der Waals surface area contributed by atoms with Crippen molar-refractivity contribution < 1.29 is 9.53 Å². The molecular weight excluding hydrogens is 378 g/mol. The molecule has 3 N–H and O–H groups in total. The quantitative estimate of drug-likeness (QED) is 0.656. The molecular formula is C20H30ClN5O2. The van der Waals surface area contributed by atoms with Gasteiger partial charge in [0, 0.05) is 38.6 Å². The van der Waals surface area contributed by atoms with Crippen molar-refractivity contribution in [1.82, 2.24) is 19.6 Å². The highest BCUT2D eigenvalue weighted by molar-refractivity contribution is 6.33. The average Bonchev–Trinajstić information content (AvgIpc) is 3.08. The number of nitrogens with one attached hydrogen (secondary N) is 1. The lowest BCUT2D eigenvalue weighted by atomic mass is 9.96. The lowest BCUT2D eigenvalue weighted by Crippen LogP contribution is -2.39. The number of aryl methyl sites for hydroxylation is 1. The number of hydrogen-bond donors (Lipinski definition) is 2. The van der Waals surface area contributed by atoms with Gasteiger partial charge in [0.2, 0.25) is 5.91 Å². The number of methoxy groups -OCH3 is 1. The van der Waals surface area contributed by atoms with Crippen LogP contribution < -0.4 is 11.1 Å². The molecule has 0 aliphatic carbocycles. The van der Waals surface area contributed by atoms with Gasteiger partial charge in [0.15, 0.2) is 0 Å². The normalized spacial score (nSPS) is 16.0. The third-order valence-corrected chi connectivity index (χ3v) is 5.69. The van der Waals surface area contributed by atoms with Crippen LogP contribution in [0.1, 0.15) is 30.5 Å². The number of likely N-dealkylation sites (tertiary alicyclic amines) is 1. The first-order valence-corrected chi connectivity index (χ1v) is 10.3. The summed E-state index contributed by atoms with van der Waals surface area (Å²) in [5, 5.41) is 3.52. The van der Waals surface area contributed by atoms with Crippen molar-refractivity contribution in [2.45, 2.75) is 32.6 Å². The number of anilines is 1. The van der Waals surface area contributed by atoms with Crippen LogP contribution in [0.4, 0.5) is 5.82 Å². The Labute approximate surface area is 171 Å². The molecule has 3 rings (SSSR count). The molecule has 0 saturated carbocycles. The van der Waals surface area contributed by atoms with Gasteiger partial charge >= 0.3 is 0 Å². The van der Waals surface area contributed by atoms with E-state index < -0.39 is 0 Å². The lowest BCUT2D eigenvalue weighted by Gasteiger charge is -2.31. The second-order valence-electron chi connectivity index (χ2n) is 7.59. The van der Waals surface area contributed by atoms with Crippen LogP contribution in [0, 0.1) is 12.8 Å². The van der Waals surface area contributed by atoms with Gasteiger partial charge in [-0.05, 0) is 51.3 Å². The largest absolute Gasteiger partial charge is 0.385 e. The number of ether oxygens (including phenoxy) is 1. The number of pyridine rings is 1. The van der Waals surface area contributed by atoms with Crippen molar-refractivity contribution in [2.24, 2.45) is 5.92 Å². The van der Waals surface area contributed by atoms with E-state index in [0.717, 1.165) is 63.3 Å². The third kappa shape index (κ3) is 5.16. The fraction of sp³-hybridized carbons (Fsp3) is 0.600. The number of hydrogen-bond acceptors (Lipinski definition) is 5. The molecule has 7 nitrogen and oxygen atoms in total. The van der Waals surface area contributed by atoms with E-state index in [-0.39, 0.29) is 12.3 Å². The zero-order valence-electron chi connectivity index (χ0n) is 16.7. The number of amides is 1. The molecule has 2 aromatic heterocycles. The molecule has 1 fully saturated rings. The Bertz CT molecular complexity index is 815. The topological polar surface area (TPSA) is 84.9 Å². The zero-order valence-corrected chi connectivity index (χ0v) is 17.5. The smallest absolute Gasteiger partial charge is 0.224 e. The molecule has 0 aromatic carbocycles. The van der Waals surface area contributed by atoms with Gasteiger partial charge in [-0.1, -0.05) is 11.6 Å². The van der Waals surface area contributed by atoms with Crippen molar-refractivity contribution in [3.8, 4) is 0 Å². The summed E-state index contributed by atoms with van der Waals surface area (Å²) in [5.41, 5.74) is 8.34. The first kappa shape index (κ1) is 20.9. The number of nitrogens with zero attached hydrogens (tertiary/aromatic N) is 3. The SMILES string of the molecule is COCCCN1CCC(CNC(=O)Cc2cc(Cl)c(N)n3cc(C)nc23)CC1. The van der Waals surface area contributed by atoms with Gasteiger partial charge in [-0.15, -0.1) is 0 Å². The minimum atomic E-state index is -0.00841. The van der Waals surface area contributed by atoms with Crippen molar-refractivity contribution in [3.05, 3.63) is 28.5 Å². The number of rotatable bonds is 8. The third-order valence-electron chi connectivity index (χ3n) is 5.39. The minimum Gasteiger partial charge on any atom is -0.385 e. The van der Waals surface area contributed by atoms with E-state index in [1.54, 1.807) is 17.6 Å². The van der Waals surface area contributed by atoms with Crippen molar-refractivity contribution in [2.75, 3.05) is 45.6 Å². The Kier molecular flexibility index (Phi) is 7.15. The molecule has 1 aliphatic heterocycles. The van der Waals surface area contributed by atoms with Crippen molar-refractivity contribution in [3.63, 3.8) is 0 Å². The molecule has 1 amide bonds. The summed E-state index contributed by atoms with van der Waals surface area (Å²) < 4.78 is 6.86. The Morgan fingerprint density at radius 2 is 2.18 bits per heavy atom. The van der Waals surface area contributed by atoms with Gasteiger partial charge in [-0.2, -0.15) is 0 Å². The predicted molar refractivity (Wildman–Crippen MR) is 112 cm³/mol. The predicted octanol–water partition coefficient (Wildman–Crippen LogP) is 2.29. The summed E-state index contributed by atoms with van der Waals surface area (Å²) in [6.07, 6.45) is 5.38. The Hall–Kier alpha value is -1.83. The maximum atomic E-state index is 12.5. The molecule has 0 atom stereocenters. The number of fused-ring (bicyclic) bond motifs is 1. The molecule has 0 spiro atoms. The van der Waals surface area contributed by atoms with Crippen LogP contribution in [-0.4, -0.2) is 60.1 Å². The highest BCUT2D eigenvalue weighted by atomic mass is 35.5. The van der Waals surface area contributed by atoms with Crippen LogP contribution in [-0.2, 0) is 16.0 Å². The molecule has 1 saturated heterocycles. The summed E-state index contributed by atoms with van der Waals surface area (Å²) in [6.45, 7) is 6.69. The summed E-state index contributed by atoms with van der Waals surface area (Å²) in [7, 11) is 1.74. The number of halogens is 1. The standard InChI is InChI=1S/C20H30ClN5O2/c1-14-13-26-19(22)17(21)10-16(20(26)24-14)11-18(27)23-12-15-4-7-25(8-5-15)6-3-9-28-2/h10,13,15H,3-9,11-12,22H2,1-2H3,(H,23,27). The first-order chi connectivity index (χ1) is 13.5. The lowest BCUT2D eigenvalue weighted by molar-refractivity contribution is -0.120. The van der Waals surface area contributed by atoms with Crippen LogP contribution in [0.3, 0.4) is 0 Å². The van der Waals surface area contributed by atoms with Gasteiger partial charge < -0.3 is 20.7 Å². The highest BCUT2D eigenvalue weighted by Crippen LogP contribution is 2.25. The van der Waals surface area contributed by atoms with E-state index >= 15 is 0 Å². The van der Waals surface area contributed by atoms with Crippen LogP contribution >= 0.6 is 11.6 Å². The number of piperidine rings is 1. The number of carbonyl (C=O) groups excluding carboxylic acids is 1. The van der Waals surface area contributed by atoms with Crippen molar-refractivity contribution in [1.29, 1.82) is 0 Å². The van der Waals surface area contributed by atoms with Crippen LogP contribution in [0.25, 0.3) is 5.65 Å². The maximum Gasteiger partial charge on any atom is 0.224 e. The maximum absolute atomic E-state index is 12.5. The number of aromatic nitrogens is 2. The first-order valence-electron chi connectivity index (χ1n) is 9.88. The molecule has 1 aliphatic rings. The minimum absolute atomic E-state index is 0.00841. The molecule has 8 heteroatoms. The molecule has 154 valence electrons. The molecule has 28 heavy (non-hydrogen) atoms. The van der Waals surface area contributed by atoms with Gasteiger partial charge in [-0.3, -0.25) is 9.20 Å². The number of imidazole rings is 1. The monoisotopic (exact) mass is 407 g/mol. The van der Waals surface area contributed by atoms with Gasteiger partial charge in [0.1, 0.15) is 11.5 Å². The molecule has 2 aromatic rings. The van der Waals surface area contributed by atoms with E-state index in [0.29, 0.717) is 22.4 Å². The fourth-order valence-electron chi connectivity index (χ4n) is 3.78. The second-order valence-corrected chi connectivity index (χ2v) is 8.00. The number of nitrogen functional groups attached to an aromatic ring is 1. The highest BCUT2D eigenvalue weighted by Gasteiger charge is 2.20.